The lowest BCUT2D eigenvalue weighted by atomic mass is 9.71. The molecule has 0 bridgehead atoms. The number of aliphatic hydroxyl groups excluding tert-OH is 1. The lowest BCUT2D eigenvalue weighted by Crippen LogP contribution is -2.40. The summed E-state index contributed by atoms with van der Waals surface area (Å²) in [4.78, 5) is 31.4. The van der Waals surface area contributed by atoms with Gasteiger partial charge in [-0.2, -0.15) is 0 Å². The summed E-state index contributed by atoms with van der Waals surface area (Å²) in [6.07, 6.45) is 4.10. The number of carbonyl (C=O) groups is 2. The Morgan fingerprint density at radius 3 is 2.21 bits per heavy atom. The molecule has 8 heteroatoms. The van der Waals surface area contributed by atoms with Gasteiger partial charge in [0.15, 0.2) is 0 Å². The lowest BCUT2D eigenvalue weighted by Gasteiger charge is -2.32. The monoisotopic (exact) mass is 335 g/mol. The Kier molecular flexibility index (Phi) is 6.37. The van der Waals surface area contributed by atoms with E-state index in [9.17, 15) is 19.7 Å². The summed E-state index contributed by atoms with van der Waals surface area (Å²) < 4.78 is 0. The number of hydrogen-bond acceptors (Lipinski definition) is 5. The fourth-order valence-electron chi connectivity index (χ4n) is 2.19. The average molecular weight is 335 g/mol. The molecule has 3 N–H and O–H groups in total. The molecule has 8 nitrogen and oxygen atoms in total. The van der Waals surface area contributed by atoms with Crippen molar-refractivity contribution in [2.75, 3.05) is 6.61 Å². The molecular formula is C16H17NO7. The number of nitro benzene ring substituents is 1. The molecule has 0 amide bonds. The maximum Gasteiger partial charge on any atom is 0.331 e. The Morgan fingerprint density at radius 2 is 1.83 bits per heavy atom. The number of para-hydroxylation sites is 1. The van der Waals surface area contributed by atoms with E-state index in [1.54, 1.807) is 18.2 Å². The minimum absolute atomic E-state index is 0.0788. The number of aliphatic hydroxyl groups is 1. The van der Waals surface area contributed by atoms with Gasteiger partial charge in [0.25, 0.3) is 5.69 Å². The number of allylic oxidation sites excluding steroid dienone is 2. The molecule has 0 saturated carbocycles. The number of nitrogens with zero attached hydrogens (tertiary/aromatic N) is 1. The van der Waals surface area contributed by atoms with Crippen molar-refractivity contribution in [1.29, 1.82) is 0 Å². The lowest BCUT2D eigenvalue weighted by molar-refractivity contribution is -0.384. The number of carboxylic acids is 2. The van der Waals surface area contributed by atoms with Crippen LogP contribution in [0, 0.1) is 21.4 Å². The Labute approximate surface area is 137 Å². The van der Waals surface area contributed by atoms with E-state index >= 15 is 0 Å². The number of benzene rings is 1. The van der Waals surface area contributed by atoms with Gasteiger partial charge in [0, 0.05) is 23.6 Å². The maximum atomic E-state index is 11.0. The van der Waals surface area contributed by atoms with Crippen LogP contribution in [0.25, 0.3) is 0 Å². The zero-order valence-electron chi connectivity index (χ0n) is 12.8. The molecule has 0 heterocycles. The van der Waals surface area contributed by atoms with Crippen LogP contribution in [-0.2, 0) is 9.59 Å². The smallest absolute Gasteiger partial charge is 0.331 e. The normalized spacial score (nSPS) is 21.9. The van der Waals surface area contributed by atoms with Gasteiger partial charge >= 0.3 is 11.9 Å². The molecule has 2 atom stereocenters. The molecule has 128 valence electrons. The minimum Gasteiger partial charge on any atom is -0.481 e. The van der Waals surface area contributed by atoms with E-state index in [1.165, 1.54) is 37.3 Å². The van der Waals surface area contributed by atoms with Gasteiger partial charge in [-0.3, -0.25) is 14.9 Å². The van der Waals surface area contributed by atoms with E-state index < -0.39 is 34.8 Å². The first-order valence-electron chi connectivity index (χ1n) is 6.90. The van der Waals surface area contributed by atoms with Crippen molar-refractivity contribution in [1.82, 2.24) is 0 Å². The van der Waals surface area contributed by atoms with E-state index in [0.29, 0.717) is 0 Å². The molecule has 1 aliphatic carbocycles. The van der Waals surface area contributed by atoms with Crippen LogP contribution in [0.2, 0.25) is 0 Å². The van der Waals surface area contributed by atoms with E-state index in [1.807, 2.05) is 0 Å². The first-order chi connectivity index (χ1) is 11.2. The number of hydrogen-bond donors (Lipinski definition) is 3. The van der Waals surface area contributed by atoms with Gasteiger partial charge in [-0.15, -0.1) is 0 Å². The second-order valence-electron chi connectivity index (χ2n) is 5.20. The van der Waals surface area contributed by atoms with Crippen LogP contribution in [-0.4, -0.2) is 38.8 Å². The molecule has 1 aliphatic rings. The van der Waals surface area contributed by atoms with Crippen LogP contribution in [0.3, 0.4) is 0 Å². The van der Waals surface area contributed by atoms with Crippen molar-refractivity contribution in [3.8, 4) is 0 Å². The van der Waals surface area contributed by atoms with Gasteiger partial charge in [0.1, 0.15) is 0 Å². The Morgan fingerprint density at radius 1 is 1.25 bits per heavy atom. The summed E-state index contributed by atoms with van der Waals surface area (Å²) in [5.74, 6) is -3.27. The number of non-ortho nitro benzene ring substituents is 1. The highest BCUT2D eigenvalue weighted by Gasteiger charge is 2.44. The first-order valence-corrected chi connectivity index (χ1v) is 6.90. The minimum atomic E-state index is -1.36. The standard InChI is InChI=1S/C10H12O5.C6H5NO2/c1-10(9(14)15)4-2-3-6(8(12)13)7(10)5-11;8-7(9)6-4-2-1-3-5-6/h2-4,7,11H,5H2,1H3,(H,12,13)(H,14,15);1-5H. The van der Waals surface area contributed by atoms with Crippen molar-refractivity contribution in [2.24, 2.45) is 11.3 Å². The van der Waals surface area contributed by atoms with E-state index in [2.05, 4.69) is 0 Å². The third-order valence-electron chi connectivity index (χ3n) is 3.67. The Bertz CT molecular complexity index is 681. The SMILES string of the molecule is CC1(C(=O)O)C=CC=C(C(=O)O)C1CO.O=[N+]([O-])c1ccccc1. The average Bonchev–Trinajstić information content (AvgIpc) is 2.55. The van der Waals surface area contributed by atoms with Gasteiger partial charge in [-0.05, 0) is 6.92 Å². The van der Waals surface area contributed by atoms with E-state index in [0.717, 1.165) is 0 Å². The highest BCUT2D eigenvalue weighted by atomic mass is 16.6. The van der Waals surface area contributed by atoms with Crippen LogP contribution in [0.5, 0.6) is 0 Å². The molecule has 24 heavy (non-hydrogen) atoms. The zero-order valence-corrected chi connectivity index (χ0v) is 12.8. The molecule has 2 rings (SSSR count). The second kappa shape index (κ2) is 8.02. The van der Waals surface area contributed by atoms with Crippen molar-refractivity contribution in [2.45, 2.75) is 6.92 Å². The number of nitro groups is 1. The van der Waals surface area contributed by atoms with Crippen LogP contribution in [0.4, 0.5) is 5.69 Å². The first kappa shape index (κ1) is 19.0. The summed E-state index contributed by atoms with van der Waals surface area (Å²) in [6, 6.07) is 7.93. The largest absolute Gasteiger partial charge is 0.481 e. The van der Waals surface area contributed by atoms with Crippen LogP contribution in [0.1, 0.15) is 6.92 Å². The third kappa shape index (κ3) is 4.26. The summed E-state index contributed by atoms with van der Waals surface area (Å²) in [5, 5.41) is 37.0. The highest BCUT2D eigenvalue weighted by molar-refractivity contribution is 5.91. The summed E-state index contributed by atoms with van der Waals surface area (Å²) >= 11 is 0. The summed E-state index contributed by atoms with van der Waals surface area (Å²) in [7, 11) is 0. The number of carboxylic acid groups (broad SMARTS) is 2. The topological polar surface area (TPSA) is 138 Å². The molecule has 2 unspecified atom stereocenters. The summed E-state index contributed by atoms with van der Waals surface area (Å²) in [6.45, 7) is 0.883. The van der Waals surface area contributed by atoms with Gasteiger partial charge < -0.3 is 15.3 Å². The van der Waals surface area contributed by atoms with Crippen LogP contribution in [0.15, 0.2) is 54.1 Å². The molecule has 0 saturated heterocycles. The van der Waals surface area contributed by atoms with Crippen molar-refractivity contribution in [3.63, 3.8) is 0 Å². The predicted molar refractivity (Wildman–Crippen MR) is 84.3 cm³/mol. The Hall–Kier alpha value is -3.00. The zero-order chi connectivity index (χ0) is 18.3. The third-order valence-corrected chi connectivity index (χ3v) is 3.67. The highest BCUT2D eigenvalue weighted by Crippen LogP contribution is 2.37. The molecule has 1 aromatic carbocycles. The van der Waals surface area contributed by atoms with Gasteiger partial charge in [-0.25, -0.2) is 4.79 Å². The molecule has 0 aliphatic heterocycles. The van der Waals surface area contributed by atoms with E-state index in [-0.39, 0.29) is 11.3 Å². The predicted octanol–water partition coefficient (Wildman–Crippen LogP) is 1.86. The van der Waals surface area contributed by atoms with Crippen LogP contribution >= 0.6 is 0 Å². The van der Waals surface area contributed by atoms with Gasteiger partial charge in [0.2, 0.25) is 0 Å². The second-order valence-corrected chi connectivity index (χ2v) is 5.20. The maximum absolute atomic E-state index is 11.0. The summed E-state index contributed by atoms with van der Waals surface area (Å²) in [5.41, 5.74) is -1.31. The molecular weight excluding hydrogens is 318 g/mol. The quantitative estimate of drug-likeness (QED) is 0.564. The van der Waals surface area contributed by atoms with Crippen molar-refractivity contribution >= 4 is 17.6 Å². The fourth-order valence-corrected chi connectivity index (χ4v) is 2.19. The molecule has 0 radical (unpaired) electrons. The van der Waals surface area contributed by atoms with E-state index in [4.69, 9.17) is 15.3 Å². The number of aliphatic carboxylic acids is 2. The Balaban J connectivity index is 0.000000272. The molecule has 1 aromatic rings. The van der Waals surface area contributed by atoms with Crippen molar-refractivity contribution < 1.29 is 29.8 Å². The molecule has 0 spiro atoms. The van der Waals surface area contributed by atoms with Crippen molar-refractivity contribution in [3.05, 3.63) is 64.2 Å². The van der Waals surface area contributed by atoms with Crippen LogP contribution < -0.4 is 0 Å². The fraction of sp³-hybridized carbons (Fsp3) is 0.250. The number of rotatable bonds is 4. The van der Waals surface area contributed by atoms with Gasteiger partial charge in [0.05, 0.1) is 16.9 Å². The van der Waals surface area contributed by atoms with Gasteiger partial charge in [-0.1, -0.05) is 36.4 Å². The molecule has 0 fully saturated rings. The molecule has 0 aromatic heterocycles.